The van der Waals surface area contributed by atoms with E-state index in [0.717, 1.165) is 69.0 Å². The molecule has 0 unspecified atom stereocenters. The maximum Gasteiger partial charge on any atom is 0.303 e. The Hall–Kier alpha value is -4.25. The molecule has 0 bridgehead atoms. The number of fused-ring (bicyclic) bond motifs is 6. The predicted molar refractivity (Wildman–Crippen MR) is 213 cm³/mol. The smallest absolute Gasteiger partial charge is 0.303 e. The maximum atomic E-state index is 15.1. The summed E-state index contributed by atoms with van der Waals surface area (Å²) in [6.45, 7) is 12.5. The average molecular weight is 756 g/mol. The molecule has 0 spiro atoms. The molecule has 2 saturated carbocycles. The van der Waals surface area contributed by atoms with Crippen LogP contribution < -0.4 is 22.1 Å². The molecular formula is C44H61N5O6. The molecular weight excluding hydrogens is 695 g/mol. The van der Waals surface area contributed by atoms with Gasteiger partial charge in [0, 0.05) is 24.8 Å². The Labute approximate surface area is 325 Å². The Morgan fingerprint density at radius 1 is 0.855 bits per heavy atom. The normalized spacial score (nSPS) is 32.0. The maximum absolute atomic E-state index is 15.1. The summed E-state index contributed by atoms with van der Waals surface area (Å²) in [5.74, 6) is -2.17. The summed E-state index contributed by atoms with van der Waals surface area (Å²) in [6, 6.07) is 10.2. The first-order chi connectivity index (χ1) is 25.7. The molecule has 8 atom stereocenters. The molecule has 0 aromatic heterocycles. The summed E-state index contributed by atoms with van der Waals surface area (Å²) in [4.78, 5) is 68.2. The van der Waals surface area contributed by atoms with Crippen molar-refractivity contribution in [3.8, 4) is 0 Å². The van der Waals surface area contributed by atoms with Crippen LogP contribution in [0.15, 0.2) is 36.4 Å². The lowest BCUT2D eigenvalue weighted by Gasteiger charge is -2.63. The first kappa shape index (κ1) is 40.4. The van der Waals surface area contributed by atoms with Crippen LogP contribution in [0.3, 0.4) is 0 Å². The van der Waals surface area contributed by atoms with Gasteiger partial charge in [0.05, 0.1) is 16.9 Å². The molecule has 2 aromatic rings. The van der Waals surface area contributed by atoms with E-state index in [4.69, 9.17) is 16.6 Å². The summed E-state index contributed by atoms with van der Waals surface area (Å²) in [7, 11) is 1.71. The molecule has 2 fully saturated rings. The Morgan fingerprint density at radius 3 is 2.24 bits per heavy atom. The lowest BCUT2D eigenvalue weighted by Crippen LogP contribution is -2.64. The van der Waals surface area contributed by atoms with Crippen molar-refractivity contribution in [3.05, 3.63) is 58.7 Å². The van der Waals surface area contributed by atoms with Gasteiger partial charge in [-0.1, -0.05) is 59.6 Å². The van der Waals surface area contributed by atoms with Gasteiger partial charge in [-0.25, -0.2) is 0 Å². The fraction of sp³-hybridized carbons (Fsp3) is 0.614. The van der Waals surface area contributed by atoms with Gasteiger partial charge in [0.1, 0.15) is 6.04 Å². The molecule has 0 aliphatic heterocycles. The van der Waals surface area contributed by atoms with Crippen molar-refractivity contribution in [1.29, 1.82) is 0 Å². The number of nitrogens with two attached hydrogens (primary N) is 2. The van der Waals surface area contributed by atoms with Gasteiger partial charge in [-0.3, -0.25) is 28.9 Å². The largest absolute Gasteiger partial charge is 0.481 e. The Bertz CT molecular complexity index is 1910. The van der Waals surface area contributed by atoms with E-state index in [0.29, 0.717) is 12.1 Å². The summed E-state index contributed by atoms with van der Waals surface area (Å²) < 4.78 is 0. The third-order valence-electron chi connectivity index (χ3n) is 15.4. The van der Waals surface area contributed by atoms with Crippen molar-refractivity contribution in [2.75, 3.05) is 18.1 Å². The lowest BCUT2D eigenvalue weighted by molar-refractivity contribution is -0.171. The summed E-state index contributed by atoms with van der Waals surface area (Å²) in [6.07, 6.45) is 8.04. The molecule has 0 heterocycles. The lowest BCUT2D eigenvalue weighted by atomic mass is 9.41. The summed E-state index contributed by atoms with van der Waals surface area (Å²) >= 11 is 0. The molecule has 2 aromatic carbocycles. The summed E-state index contributed by atoms with van der Waals surface area (Å²) in [5.41, 5.74) is 15.7. The number of rotatable bonds is 9. The number of aryl methyl sites for hydroxylation is 2. The molecule has 298 valence electrons. The first-order valence-electron chi connectivity index (χ1n) is 20.2. The second-order valence-corrected chi connectivity index (χ2v) is 18.3. The van der Waals surface area contributed by atoms with Crippen LogP contribution in [0, 0.1) is 22.2 Å². The highest BCUT2D eigenvalue weighted by Crippen LogP contribution is 2.66. The number of aliphatic carboxylic acids is 1. The van der Waals surface area contributed by atoms with Crippen molar-refractivity contribution >= 4 is 41.0 Å². The number of amides is 4. The molecule has 7 N–H and O–H groups in total. The van der Waals surface area contributed by atoms with Crippen molar-refractivity contribution < 1.29 is 29.1 Å². The Balaban J connectivity index is 1.23. The monoisotopic (exact) mass is 755 g/mol. The minimum atomic E-state index is -1.05. The molecule has 4 amide bonds. The number of carboxylic acids is 1. The zero-order valence-electron chi connectivity index (χ0n) is 33.8. The first-order valence-corrected chi connectivity index (χ1v) is 20.2. The van der Waals surface area contributed by atoms with Crippen LogP contribution in [-0.4, -0.2) is 58.7 Å². The number of nitrogens with zero attached hydrogens (tertiary/aromatic N) is 1. The molecule has 4 aliphatic rings. The third kappa shape index (κ3) is 6.53. The van der Waals surface area contributed by atoms with E-state index < -0.39 is 51.5 Å². The standard InChI is InChI=1S/C44H61N5O6/c1-26(47-37(53)33(46)15-17-35(50)51)36(52)48-30-14-11-28-18-23-44(6)42(4,32(28)25-30)21-9-22-43(44,5)39(55)49(7)38(54)41(3)20-8-19-40(2)31-24-29(45)13-10-27(31)12-16-34(40)41/h10-11,13-14,24-26,33-34H,8-9,12,15-23,45-46H2,1-7H3,(H,47,53)(H,48,52)(H,50,51)/t26-,33-,34+,40+,41-,42+,43+,44+/m0/s1. The highest BCUT2D eigenvalue weighted by atomic mass is 16.4. The molecule has 4 aliphatic carbocycles. The number of hydrogen-bond acceptors (Lipinski definition) is 7. The SMILES string of the molecule is C[C@H](NC(=O)[C@@H](N)CCC(=O)O)C(=O)Nc1ccc2c(c1)[C@@]1(C)CCC[C@](C)(C(=O)N(C)C(=O)[C@@]3(C)CCC[C@]4(C)c5cc(N)ccc5CC[C@@H]34)[C@]1(C)CC2. The van der Waals surface area contributed by atoms with Crippen LogP contribution in [-0.2, 0) is 47.6 Å². The van der Waals surface area contributed by atoms with Crippen LogP contribution in [0.4, 0.5) is 11.4 Å². The van der Waals surface area contributed by atoms with Gasteiger partial charge in [-0.05, 0) is 133 Å². The predicted octanol–water partition coefficient (Wildman–Crippen LogP) is 6.00. The molecule has 11 heteroatoms. The number of anilines is 2. The van der Waals surface area contributed by atoms with E-state index in [1.807, 2.05) is 24.3 Å². The number of carbonyl (C=O) groups excluding carboxylic acids is 4. The van der Waals surface area contributed by atoms with Gasteiger partial charge < -0.3 is 27.2 Å². The molecule has 0 saturated heterocycles. The van der Waals surface area contributed by atoms with Gasteiger partial charge >= 0.3 is 5.97 Å². The summed E-state index contributed by atoms with van der Waals surface area (Å²) in [5, 5.41) is 14.5. The fourth-order valence-electron chi connectivity index (χ4n) is 11.7. The van der Waals surface area contributed by atoms with Crippen LogP contribution in [0.25, 0.3) is 0 Å². The van der Waals surface area contributed by atoms with Gasteiger partial charge in [0.15, 0.2) is 0 Å². The van der Waals surface area contributed by atoms with E-state index in [2.05, 4.69) is 57.4 Å². The topological polar surface area (TPSA) is 185 Å². The minimum absolute atomic E-state index is 0.0344. The Kier molecular flexibility index (Phi) is 10.5. The molecule has 6 rings (SSSR count). The minimum Gasteiger partial charge on any atom is -0.481 e. The molecule has 0 radical (unpaired) electrons. The van der Waals surface area contributed by atoms with Gasteiger partial charge in [0.25, 0.3) is 0 Å². The van der Waals surface area contributed by atoms with Crippen LogP contribution in [0.2, 0.25) is 0 Å². The zero-order valence-corrected chi connectivity index (χ0v) is 33.8. The van der Waals surface area contributed by atoms with Gasteiger partial charge in [-0.2, -0.15) is 0 Å². The van der Waals surface area contributed by atoms with E-state index in [1.165, 1.54) is 21.6 Å². The number of benzene rings is 2. The number of imide groups is 1. The highest BCUT2D eigenvalue weighted by Gasteiger charge is 2.65. The van der Waals surface area contributed by atoms with Crippen molar-refractivity contribution in [1.82, 2.24) is 10.2 Å². The van der Waals surface area contributed by atoms with Crippen LogP contribution in [0.5, 0.6) is 0 Å². The Morgan fingerprint density at radius 2 is 1.53 bits per heavy atom. The van der Waals surface area contributed by atoms with E-state index >= 15 is 4.79 Å². The fourth-order valence-corrected chi connectivity index (χ4v) is 11.7. The number of carboxylic acid groups (broad SMARTS) is 1. The third-order valence-corrected chi connectivity index (χ3v) is 15.4. The van der Waals surface area contributed by atoms with Gasteiger partial charge in [0.2, 0.25) is 23.6 Å². The van der Waals surface area contributed by atoms with Crippen LogP contribution >= 0.6 is 0 Å². The van der Waals surface area contributed by atoms with Crippen molar-refractivity contribution in [2.45, 2.75) is 142 Å². The average Bonchev–Trinajstić information content (AvgIpc) is 3.14. The number of nitrogen functional groups attached to an aromatic ring is 1. The second kappa shape index (κ2) is 14.4. The second-order valence-electron chi connectivity index (χ2n) is 18.3. The van der Waals surface area contributed by atoms with Crippen molar-refractivity contribution in [3.63, 3.8) is 0 Å². The molecule has 11 nitrogen and oxygen atoms in total. The highest BCUT2D eigenvalue weighted by molar-refractivity contribution is 6.01. The van der Waals surface area contributed by atoms with E-state index in [1.54, 1.807) is 14.0 Å². The van der Waals surface area contributed by atoms with Crippen molar-refractivity contribution in [2.24, 2.45) is 27.9 Å². The molecule has 55 heavy (non-hydrogen) atoms. The van der Waals surface area contributed by atoms with Gasteiger partial charge in [-0.15, -0.1) is 0 Å². The quantitative estimate of drug-likeness (QED) is 0.152. The number of carbonyl (C=O) groups is 5. The van der Waals surface area contributed by atoms with Crippen LogP contribution in [0.1, 0.15) is 128 Å². The number of hydrogen-bond donors (Lipinski definition) is 5. The number of nitrogens with one attached hydrogen (secondary N) is 2. The van der Waals surface area contributed by atoms with E-state index in [-0.39, 0.29) is 36.0 Å². The zero-order chi connectivity index (χ0) is 40.3. The van der Waals surface area contributed by atoms with E-state index in [9.17, 15) is 19.2 Å².